The Balaban J connectivity index is 3.30. The summed E-state index contributed by atoms with van der Waals surface area (Å²) in [5.74, 6) is -1.29. The molecule has 0 saturated carbocycles. The minimum Gasteiger partial charge on any atom is -0.506 e. The second kappa shape index (κ2) is 3.22. The van der Waals surface area contributed by atoms with Crippen molar-refractivity contribution in [3.8, 4) is 11.5 Å². The number of carboxylic acids is 1. The van der Waals surface area contributed by atoms with E-state index in [4.69, 9.17) is 15.6 Å². The van der Waals surface area contributed by atoms with E-state index in [0.29, 0.717) is 0 Å². The standard InChI is InChI=1S/C8H9NO4/c1-13-6-3-4(8(11)12)2-5(10)7(6)9/h2-3,10H,9H2,1H3,(H,11,12). The van der Waals surface area contributed by atoms with E-state index in [-0.39, 0.29) is 22.7 Å². The van der Waals surface area contributed by atoms with Crippen molar-refractivity contribution in [3.63, 3.8) is 0 Å². The summed E-state index contributed by atoms with van der Waals surface area (Å²) in [6, 6.07) is 2.32. The maximum absolute atomic E-state index is 10.5. The Morgan fingerprint density at radius 3 is 2.62 bits per heavy atom. The molecule has 0 unspecified atom stereocenters. The maximum atomic E-state index is 10.5. The minimum absolute atomic E-state index is 0.0347. The highest BCUT2D eigenvalue weighted by Crippen LogP contribution is 2.31. The van der Waals surface area contributed by atoms with Crippen LogP contribution in [0.1, 0.15) is 10.4 Å². The minimum atomic E-state index is -1.14. The van der Waals surface area contributed by atoms with Crippen molar-refractivity contribution >= 4 is 11.7 Å². The Morgan fingerprint density at radius 1 is 1.54 bits per heavy atom. The van der Waals surface area contributed by atoms with Crippen molar-refractivity contribution in [2.75, 3.05) is 12.8 Å². The Hall–Kier alpha value is -1.91. The van der Waals surface area contributed by atoms with Crippen LogP contribution in [0.4, 0.5) is 5.69 Å². The predicted octanol–water partition coefficient (Wildman–Crippen LogP) is 0.681. The van der Waals surface area contributed by atoms with Crippen molar-refractivity contribution in [3.05, 3.63) is 17.7 Å². The van der Waals surface area contributed by atoms with Crippen molar-refractivity contribution in [1.29, 1.82) is 0 Å². The van der Waals surface area contributed by atoms with Crippen molar-refractivity contribution in [1.82, 2.24) is 0 Å². The lowest BCUT2D eigenvalue weighted by Gasteiger charge is -2.06. The van der Waals surface area contributed by atoms with Crippen molar-refractivity contribution in [2.45, 2.75) is 0 Å². The molecule has 1 aromatic rings. The molecule has 0 spiro atoms. The van der Waals surface area contributed by atoms with Gasteiger partial charge in [-0.25, -0.2) is 4.79 Å². The first-order chi connectivity index (χ1) is 6.06. The molecule has 0 radical (unpaired) electrons. The number of anilines is 1. The number of phenolic OH excluding ortho intramolecular Hbond substituents is 1. The highest BCUT2D eigenvalue weighted by atomic mass is 16.5. The first-order valence-electron chi connectivity index (χ1n) is 3.46. The van der Waals surface area contributed by atoms with Gasteiger partial charge in [-0.15, -0.1) is 0 Å². The van der Waals surface area contributed by atoms with Gasteiger partial charge in [0.25, 0.3) is 0 Å². The normalized spacial score (nSPS) is 9.62. The predicted molar refractivity (Wildman–Crippen MR) is 46.0 cm³/mol. The van der Waals surface area contributed by atoms with E-state index in [9.17, 15) is 9.90 Å². The molecule has 1 rings (SSSR count). The molecule has 5 nitrogen and oxygen atoms in total. The maximum Gasteiger partial charge on any atom is 0.335 e. The van der Waals surface area contributed by atoms with E-state index in [2.05, 4.69) is 0 Å². The number of rotatable bonds is 2. The number of nitrogens with two attached hydrogens (primary N) is 1. The summed E-state index contributed by atoms with van der Waals surface area (Å²) in [6.07, 6.45) is 0. The lowest BCUT2D eigenvalue weighted by atomic mass is 10.2. The third kappa shape index (κ3) is 1.64. The molecule has 0 fully saturated rings. The Morgan fingerprint density at radius 2 is 2.15 bits per heavy atom. The Labute approximate surface area is 74.4 Å². The third-order valence-electron chi connectivity index (χ3n) is 1.59. The zero-order valence-corrected chi connectivity index (χ0v) is 6.94. The van der Waals surface area contributed by atoms with Gasteiger partial charge in [-0.1, -0.05) is 0 Å². The SMILES string of the molecule is COc1cc(C(=O)O)cc(O)c1N. The third-order valence-corrected chi connectivity index (χ3v) is 1.59. The van der Waals surface area contributed by atoms with Crippen molar-refractivity contribution in [2.24, 2.45) is 0 Å². The lowest BCUT2D eigenvalue weighted by molar-refractivity contribution is 0.0696. The number of nitrogen functional groups attached to an aromatic ring is 1. The van der Waals surface area contributed by atoms with Crippen LogP contribution >= 0.6 is 0 Å². The summed E-state index contributed by atoms with van der Waals surface area (Å²) < 4.78 is 4.77. The smallest absolute Gasteiger partial charge is 0.335 e. The van der Waals surface area contributed by atoms with Gasteiger partial charge in [0.05, 0.1) is 12.7 Å². The van der Waals surface area contributed by atoms with Crippen LogP contribution in [0.15, 0.2) is 12.1 Å². The van der Waals surface area contributed by atoms with E-state index < -0.39 is 5.97 Å². The first kappa shape index (κ1) is 9.18. The summed E-state index contributed by atoms with van der Waals surface area (Å²) in [7, 11) is 1.34. The van der Waals surface area contributed by atoms with Gasteiger partial charge in [-0.05, 0) is 12.1 Å². The Bertz CT molecular complexity index is 348. The summed E-state index contributed by atoms with van der Waals surface area (Å²) in [5.41, 5.74) is 5.36. The summed E-state index contributed by atoms with van der Waals surface area (Å²) in [5, 5.41) is 17.8. The van der Waals surface area contributed by atoms with Crippen molar-refractivity contribution < 1.29 is 19.7 Å². The number of carboxylic acid groups (broad SMARTS) is 1. The molecule has 0 bridgehead atoms. The zero-order valence-electron chi connectivity index (χ0n) is 6.94. The van der Waals surface area contributed by atoms with Crippen LogP contribution in [0, 0.1) is 0 Å². The van der Waals surface area contributed by atoms with Gasteiger partial charge in [0.1, 0.15) is 17.2 Å². The number of aromatic hydroxyl groups is 1. The van der Waals surface area contributed by atoms with Gasteiger partial charge >= 0.3 is 5.97 Å². The van der Waals surface area contributed by atoms with Crippen LogP contribution < -0.4 is 10.5 Å². The highest BCUT2D eigenvalue weighted by molar-refractivity contribution is 5.90. The van der Waals surface area contributed by atoms with Gasteiger partial charge in [0.2, 0.25) is 0 Å². The average molecular weight is 183 g/mol. The van der Waals surface area contributed by atoms with Gasteiger partial charge in [-0.3, -0.25) is 0 Å². The van der Waals surface area contributed by atoms with E-state index in [1.165, 1.54) is 13.2 Å². The topological polar surface area (TPSA) is 92.8 Å². The van der Waals surface area contributed by atoms with Crippen LogP contribution in [-0.4, -0.2) is 23.3 Å². The number of carbonyl (C=O) groups is 1. The zero-order chi connectivity index (χ0) is 10.0. The first-order valence-corrected chi connectivity index (χ1v) is 3.46. The number of hydrogen-bond acceptors (Lipinski definition) is 4. The fourth-order valence-electron chi connectivity index (χ4n) is 0.904. The quantitative estimate of drug-likeness (QED) is 0.463. The molecule has 13 heavy (non-hydrogen) atoms. The second-order valence-electron chi connectivity index (χ2n) is 2.42. The van der Waals surface area contributed by atoms with Gasteiger partial charge < -0.3 is 20.7 Å². The van der Waals surface area contributed by atoms with Crippen LogP contribution in [0.2, 0.25) is 0 Å². The van der Waals surface area contributed by atoms with Crippen LogP contribution in [0.5, 0.6) is 11.5 Å². The summed E-state index contributed by atoms with van der Waals surface area (Å²) in [4.78, 5) is 10.5. The number of ether oxygens (including phenoxy) is 1. The van der Waals surface area contributed by atoms with Gasteiger partial charge in [0, 0.05) is 0 Å². The van der Waals surface area contributed by atoms with Crippen LogP contribution in [0.3, 0.4) is 0 Å². The average Bonchev–Trinajstić information content (AvgIpc) is 2.09. The molecule has 0 amide bonds. The second-order valence-corrected chi connectivity index (χ2v) is 2.42. The molecular weight excluding hydrogens is 174 g/mol. The molecule has 0 aliphatic rings. The van der Waals surface area contributed by atoms with Gasteiger partial charge in [0.15, 0.2) is 0 Å². The number of phenols is 1. The molecule has 0 heterocycles. The Kier molecular flexibility index (Phi) is 2.27. The number of hydrogen-bond donors (Lipinski definition) is 3. The van der Waals surface area contributed by atoms with Crippen LogP contribution in [-0.2, 0) is 0 Å². The molecule has 0 aliphatic carbocycles. The monoisotopic (exact) mass is 183 g/mol. The number of methoxy groups -OCH3 is 1. The summed E-state index contributed by atoms with van der Waals surface area (Å²) >= 11 is 0. The summed E-state index contributed by atoms with van der Waals surface area (Å²) in [6.45, 7) is 0. The highest BCUT2D eigenvalue weighted by Gasteiger charge is 2.11. The van der Waals surface area contributed by atoms with E-state index in [1.54, 1.807) is 0 Å². The molecule has 0 aromatic heterocycles. The fourth-order valence-corrected chi connectivity index (χ4v) is 0.904. The van der Waals surface area contributed by atoms with E-state index in [0.717, 1.165) is 6.07 Å². The van der Waals surface area contributed by atoms with Gasteiger partial charge in [-0.2, -0.15) is 0 Å². The number of benzene rings is 1. The number of aromatic carboxylic acids is 1. The largest absolute Gasteiger partial charge is 0.506 e. The molecule has 0 saturated heterocycles. The molecule has 4 N–H and O–H groups in total. The van der Waals surface area contributed by atoms with E-state index >= 15 is 0 Å². The fraction of sp³-hybridized carbons (Fsp3) is 0.125. The molecule has 1 aromatic carbocycles. The molecule has 5 heteroatoms. The molecule has 0 atom stereocenters. The molecule has 0 aliphatic heterocycles. The van der Waals surface area contributed by atoms with Crippen LogP contribution in [0.25, 0.3) is 0 Å². The molecular formula is C8H9NO4. The molecule has 70 valence electrons. The lowest BCUT2D eigenvalue weighted by Crippen LogP contribution is -1.99. The van der Waals surface area contributed by atoms with E-state index in [1.807, 2.05) is 0 Å².